The number of rotatable bonds is 5. The van der Waals surface area contributed by atoms with Gasteiger partial charge < -0.3 is 5.32 Å². The Balaban J connectivity index is 2.08. The third-order valence-electron chi connectivity index (χ3n) is 2.71. The van der Waals surface area contributed by atoms with Gasteiger partial charge in [-0.25, -0.2) is 0 Å². The first-order valence-corrected chi connectivity index (χ1v) is 7.58. The van der Waals surface area contributed by atoms with Crippen molar-refractivity contribution in [2.24, 2.45) is 0 Å². The van der Waals surface area contributed by atoms with Gasteiger partial charge in [-0.15, -0.1) is 10.2 Å². The summed E-state index contributed by atoms with van der Waals surface area (Å²) in [5, 5.41) is 14.5. The van der Waals surface area contributed by atoms with Crippen LogP contribution in [0.2, 0.25) is 5.02 Å². The highest BCUT2D eigenvalue weighted by atomic mass is 35.5. The molecule has 19 heavy (non-hydrogen) atoms. The summed E-state index contributed by atoms with van der Waals surface area (Å²) >= 11 is 7.86. The highest BCUT2D eigenvalue weighted by molar-refractivity contribution is 7.14. The van der Waals surface area contributed by atoms with Crippen molar-refractivity contribution in [1.82, 2.24) is 15.5 Å². The third-order valence-corrected chi connectivity index (χ3v) is 4.04. The van der Waals surface area contributed by atoms with Crippen LogP contribution in [0.15, 0.2) is 18.2 Å². The van der Waals surface area contributed by atoms with Crippen molar-refractivity contribution in [1.29, 1.82) is 0 Å². The standard InChI is InChI=1S/C14H18ClN3S/c1-9(2)16-7-6-13-17-18-14(19-13)11-5-4-10(3)8-12(11)15/h4-5,8-9,16H,6-7H2,1-3H3. The van der Waals surface area contributed by atoms with E-state index in [9.17, 15) is 0 Å². The molecule has 0 aliphatic rings. The zero-order chi connectivity index (χ0) is 13.8. The van der Waals surface area contributed by atoms with E-state index in [-0.39, 0.29) is 0 Å². The van der Waals surface area contributed by atoms with E-state index in [2.05, 4.69) is 29.4 Å². The smallest absolute Gasteiger partial charge is 0.149 e. The molecule has 2 rings (SSSR count). The number of benzene rings is 1. The maximum absolute atomic E-state index is 6.25. The van der Waals surface area contributed by atoms with E-state index in [1.54, 1.807) is 11.3 Å². The van der Waals surface area contributed by atoms with Crippen LogP contribution in [-0.2, 0) is 6.42 Å². The Morgan fingerprint density at radius 3 is 2.79 bits per heavy atom. The summed E-state index contributed by atoms with van der Waals surface area (Å²) < 4.78 is 0. The van der Waals surface area contributed by atoms with Crippen LogP contribution < -0.4 is 5.32 Å². The lowest BCUT2D eigenvalue weighted by atomic mass is 10.2. The molecule has 0 fully saturated rings. The molecule has 0 unspecified atom stereocenters. The topological polar surface area (TPSA) is 37.8 Å². The summed E-state index contributed by atoms with van der Waals surface area (Å²) in [5.74, 6) is 0. The fourth-order valence-electron chi connectivity index (χ4n) is 1.72. The molecule has 0 saturated heterocycles. The number of aromatic nitrogens is 2. The van der Waals surface area contributed by atoms with Crippen molar-refractivity contribution < 1.29 is 0 Å². The highest BCUT2D eigenvalue weighted by Crippen LogP contribution is 2.30. The number of aryl methyl sites for hydroxylation is 1. The number of hydrogen-bond donors (Lipinski definition) is 1. The van der Waals surface area contributed by atoms with Crippen LogP contribution in [0.5, 0.6) is 0 Å². The maximum Gasteiger partial charge on any atom is 0.149 e. The predicted molar refractivity (Wildman–Crippen MR) is 81.9 cm³/mol. The fraction of sp³-hybridized carbons (Fsp3) is 0.429. The number of halogens is 1. The van der Waals surface area contributed by atoms with Gasteiger partial charge in [-0.05, 0) is 18.6 Å². The fourth-order valence-corrected chi connectivity index (χ4v) is 2.98. The van der Waals surface area contributed by atoms with Gasteiger partial charge in [0, 0.05) is 24.6 Å². The molecule has 0 spiro atoms. The summed E-state index contributed by atoms with van der Waals surface area (Å²) in [6.45, 7) is 7.22. The van der Waals surface area contributed by atoms with Crippen LogP contribution in [0.4, 0.5) is 0 Å². The van der Waals surface area contributed by atoms with Gasteiger partial charge in [0.2, 0.25) is 0 Å². The molecule has 2 aromatic rings. The van der Waals surface area contributed by atoms with Gasteiger partial charge in [0.1, 0.15) is 10.0 Å². The molecule has 1 N–H and O–H groups in total. The molecule has 3 nitrogen and oxygen atoms in total. The molecule has 0 saturated carbocycles. The molecule has 0 atom stereocenters. The molecule has 1 heterocycles. The zero-order valence-corrected chi connectivity index (χ0v) is 13.0. The van der Waals surface area contributed by atoms with E-state index in [0.29, 0.717) is 6.04 Å². The lowest BCUT2D eigenvalue weighted by Gasteiger charge is -2.05. The molecular formula is C14H18ClN3S. The van der Waals surface area contributed by atoms with Crippen molar-refractivity contribution in [3.8, 4) is 10.6 Å². The Bertz CT molecular complexity index is 551. The summed E-state index contributed by atoms with van der Waals surface area (Å²) in [7, 11) is 0. The molecule has 0 aliphatic carbocycles. The van der Waals surface area contributed by atoms with E-state index in [1.807, 2.05) is 25.1 Å². The monoisotopic (exact) mass is 295 g/mol. The van der Waals surface area contributed by atoms with Gasteiger partial charge in [-0.2, -0.15) is 0 Å². The van der Waals surface area contributed by atoms with Gasteiger partial charge in [-0.3, -0.25) is 0 Å². The average molecular weight is 296 g/mol. The number of nitrogens with one attached hydrogen (secondary N) is 1. The molecule has 1 aromatic heterocycles. The molecule has 5 heteroatoms. The van der Waals surface area contributed by atoms with Crippen LogP contribution in [0, 0.1) is 6.92 Å². The predicted octanol–water partition coefficient (Wildman–Crippen LogP) is 3.71. The average Bonchev–Trinajstić information content (AvgIpc) is 2.77. The normalized spacial score (nSPS) is 11.2. The highest BCUT2D eigenvalue weighted by Gasteiger charge is 2.10. The SMILES string of the molecule is Cc1ccc(-c2nnc(CCNC(C)C)s2)c(Cl)c1. The van der Waals surface area contributed by atoms with Crippen LogP contribution in [0.1, 0.15) is 24.4 Å². The van der Waals surface area contributed by atoms with E-state index in [0.717, 1.165) is 39.1 Å². The minimum atomic E-state index is 0.499. The first kappa shape index (κ1) is 14.4. The Morgan fingerprint density at radius 2 is 2.11 bits per heavy atom. The van der Waals surface area contributed by atoms with E-state index in [1.165, 1.54) is 0 Å². The molecule has 0 radical (unpaired) electrons. The third kappa shape index (κ3) is 4.00. The minimum absolute atomic E-state index is 0.499. The van der Waals surface area contributed by atoms with Gasteiger partial charge in [0.15, 0.2) is 0 Å². The molecular weight excluding hydrogens is 278 g/mol. The molecule has 1 aromatic carbocycles. The van der Waals surface area contributed by atoms with Crippen molar-refractivity contribution in [3.63, 3.8) is 0 Å². The number of hydrogen-bond acceptors (Lipinski definition) is 4. The van der Waals surface area contributed by atoms with Crippen molar-refractivity contribution >= 4 is 22.9 Å². The molecule has 0 bridgehead atoms. The summed E-state index contributed by atoms with van der Waals surface area (Å²) in [6.07, 6.45) is 0.902. The molecule has 0 amide bonds. The summed E-state index contributed by atoms with van der Waals surface area (Å²) in [5.41, 5.74) is 2.12. The van der Waals surface area contributed by atoms with Gasteiger partial charge in [0.05, 0.1) is 5.02 Å². The second-order valence-corrected chi connectivity index (χ2v) is 6.31. The molecule has 102 valence electrons. The quantitative estimate of drug-likeness (QED) is 0.914. The second-order valence-electron chi connectivity index (χ2n) is 4.84. The summed E-state index contributed by atoms with van der Waals surface area (Å²) in [6, 6.07) is 6.51. The Hall–Kier alpha value is -0.970. The van der Waals surface area contributed by atoms with Gasteiger partial charge in [0.25, 0.3) is 0 Å². The second kappa shape index (κ2) is 6.46. The Morgan fingerprint density at radius 1 is 1.32 bits per heavy atom. The van der Waals surface area contributed by atoms with Crippen LogP contribution >= 0.6 is 22.9 Å². The largest absolute Gasteiger partial charge is 0.314 e. The lowest BCUT2D eigenvalue weighted by molar-refractivity contribution is 0.588. The first-order chi connectivity index (χ1) is 9.06. The Labute approximate surface area is 123 Å². The van der Waals surface area contributed by atoms with Gasteiger partial charge in [-0.1, -0.05) is 48.9 Å². The zero-order valence-electron chi connectivity index (χ0n) is 11.4. The first-order valence-electron chi connectivity index (χ1n) is 6.38. The summed E-state index contributed by atoms with van der Waals surface area (Å²) in [4.78, 5) is 0. The van der Waals surface area contributed by atoms with Crippen molar-refractivity contribution in [3.05, 3.63) is 33.8 Å². The van der Waals surface area contributed by atoms with Crippen molar-refractivity contribution in [2.75, 3.05) is 6.54 Å². The van der Waals surface area contributed by atoms with E-state index >= 15 is 0 Å². The minimum Gasteiger partial charge on any atom is -0.314 e. The molecule has 0 aliphatic heterocycles. The van der Waals surface area contributed by atoms with E-state index in [4.69, 9.17) is 11.6 Å². The maximum atomic E-state index is 6.25. The Kier molecular flexibility index (Phi) is 4.91. The van der Waals surface area contributed by atoms with E-state index < -0.39 is 0 Å². The van der Waals surface area contributed by atoms with Crippen molar-refractivity contribution in [2.45, 2.75) is 33.2 Å². The van der Waals surface area contributed by atoms with Crippen LogP contribution in [0.3, 0.4) is 0 Å². The number of nitrogens with zero attached hydrogens (tertiary/aromatic N) is 2. The van der Waals surface area contributed by atoms with Gasteiger partial charge >= 0.3 is 0 Å². The van der Waals surface area contributed by atoms with Crippen LogP contribution in [-0.4, -0.2) is 22.8 Å². The van der Waals surface area contributed by atoms with Crippen LogP contribution in [0.25, 0.3) is 10.6 Å². The lowest BCUT2D eigenvalue weighted by Crippen LogP contribution is -2.24.